The lowest BCUT2D eigenvalue weighted by atomic mass is 10.3. The van der Waals surface area contributed by atoms with Crippen LogP contribution < -0.4 is 0 Å². The van der Waals surface area contributed by atoms with E-state index in [9.17, 15) is 9.59 Å². The van der Waals surface area contributed by atoms with Gasteiger partial charge in [-0.1, -0.05) is 47.9 Å². The number of carbonyl (C=O) groups excluding carboxylic acids is 2. The summed E-state index contributed by atoms with van der Waals surface area (Å²) in [7, 11) is 0. The number of carbonyl (C=O) groups is 2. The van der Waals surface area contributed by atoms with E-state index in [1.165, 1.54) is 28.4 Å². The Morgan fingerprint density at radius 3 is 2.89 bits per heavy atom. The van der Waals surface area contributed by atoms with E-state index < -0.39 is 0 Å². The predicted octanol–water partition coefficient (Wildman–Crippen LogP) is 4.28. The van der Waals surface area contributed by atoms with E-state index in [2.05, 4.69) is 4.98 Å². The summed E-state index contributed by atoms with van der Waals surface area (Å²) >= 11 is 7.96. The number of nitrogens with zero attached hydrogens (tertiary/aromatic N) is 3. The Hall–Kier alpha value is -2.36. The molecule has 0 radical (unpaired) electrons. The number of furan rings is 1. The molecule has 0 saturated carbocycles. The maximum atomic E-state index is 12.9. The molecule has 1 aliphatic rings. The maximum absolute atomic E-state index is 12.9. The van der Waals surface area contributed by atoms with Crippen molar-refractivity contribution in [2.45, 2.75) is 11.6 Å². The van der Waals surface area contributed by atoms with Gasteiger partial charge in [-0.05, 0) is 30.5 Å². The van der Waals surface area contributed by atoms with Crippen molar-refractivity contribution in [2.24, 2.45) is 0 Å². The summed E-state index contributed by atoms with van der Waals surface area (Å²) in [6.45, 7) is 0.222. The molecule has 1 aromatic carbocycles. The Kier molecular flexibility index (Phi) is 5.38. The molecule has 3 aromatic rings. The average molecular weight is 430 g/mol. The van der Waals surface area contributed by atoms with Crippen molar-refractivity contribution in [1.82, 2.24) is 14.5 Å². The van der Waals surface area contributed by atoms with Gasteiger partial charge in [0.2, 0.25) is 5.91 Å². The molecule has 2 aromatic heterocycles. The summed E-state index contributed by atoms with van der Waals surface area (Å²) in [6, 6.07) is 11.0. The van der Waals surface area contributed by atoms with Crippen LogP contribution in [0.4, 0.5) is 0 Å². The van der Waals surface area contributed by atoms with Gasteiger partial charge in [-0.3, -0.25) is 19.1 Å². The summed E-state index contributed by atoms with van der Waals surface area (Å²) in [6.07, 6.45) is 5.24. The van der Waals surface area contributed by atoms with Crippen LogP contribution in [0.15, 0.2) is 57.1 Å². The molecule has 0 unspecified atom stereocenters. The molecule has 0 bridgehead atoms. The molecule has 3 heterocycles. The van der Waals surface area contributed by atoms with Crippen LogP contribution >= 0.6 is 35.7 Å². The van der Waals surface area contributed by atoms with Gasteiger partial charge in [-0.25, -0.2) is 4.98 Å². The van der Waals surface area contributed by atoms with Crippen LogP contribution in [0.2, 0.25) is 0 Å². The molecule has 142 valence electrons. The van der Waals surface area contributed by atoms with E-state index in [0.717, 1.165) is 11.0 Å². The fraction of sp³-hybridized carbons (Fsp3) is 0.158. The van der Waals surface area contributed by atoms with Gasteiger partial charge in [0.05, 0.1) is 22.2 Å². The first kappa shape index (κ1) is 19.0. The van der Waals surface area contributed by atoms with Crippen LogP contribution in [0.1, 0.15) is 17.0 Å². The molecular formula is C19H15N3O3S3. The topological polar surface area (TPSA) is 68.3 Å². The van der Waals surface area contributed by atoms with Crippen LogP contribution in [0, 0.1) is 0 Å². The van der Waals surface area contributed by atoms with Crippen molar-refractivity contribution < 1.29 is 14.0 Å². The molecule has 1 amide bonds. The lowest BCUT2D eigenvalue weighted by Crippen LogP contribution is -2.31. The van der Waals surface area contributed by atoms with E-state index in [4.69, 9.17) is 16.6 Å². The zero-order chi connectivity index (χ0) is 19.7. The van der Waals surface area contributed by atoms with Gasteiger partial charge in [0.25, 0.3) is 5.91 Å². The van der Waals surface area contributed by atoms with Gasteiger partial charge in [0.1, 0.15) is 10.1 Å². The maximum Gasteiger partial charge on any atom is 0.266 e. The minimum atomic E-state index is -0.209. The smallest absolute Gasteiger partial charge is 0.266 e. The van der Waals surface area contributed by atoms with E-state index in [1.807, 2.05) is 30.5 Å². The van der Waals surface area contributed by atoms with Crippen molar-refractivity contribution in [3.05, 3.63) is 53.3 Å². The molecule has 0 aliphatic carbocycles. The van der Waals surface area contributed by atoms with Crippen LogP contribution in [0.25, 0.3) is 17.1 Å². The minimum Gasteiger partial charge on any atom is -0.465 e. The molecule has 0 spiro atoms. The van der Waals surface area contributed by atoms with Crippen LogP contribution in [-0.4, -0.2) is 43.4 Å². The quantitative estimate of drug-likeness (QED) is 0.341. The number of rotatable bonds is 5. The first-order valence-electron chi connectivity index (χ1n) is 8.42. The Balaban J connectivity index is 1.51. The molecule has 1 aliphatic heterocycles. The molecule has 0 N–H and O–H groups in total. The zero-order valence-corrected chi connectivity index (χ0v) is 17.3. The summed E-state index contributed by atoms with van der Waals surface area (Å²) in [5, 5.41) is 0.634. The number of hydrogen-bond donors (Lipinski definition) is 0. The average Bonchev–Trinajstić information content (AvgIpc) is 3.39. The Morgan fingerprint density at radius 2 is 2.14 bits per heavy atom. The van der Waals surface area contributed by atoms with Crippen LogP contribution in [0.5, 0.6) is 0 Å². The number of benzene rings is 1. The van der Waals surface area contributed by atoms with Gasteiger partial charge in [0.15, 0.2) is 5.16 Å². The number of thioether (sulfide) groups is 2. The number of fused-ring (bicyclic) bond motifs is 1. The predicted molar refractivity (Wildman–Crippen MR) is 115 cm³/mol. The lowest BCUT2D eigenvalue weighted by Gasteiger charge is -2.14. The normalized spacial score (nSPS) is 15.9. The third-order valence-electron chi connectivity index (χ3n) is 4.20. The summed E-state index contributed by atoms with van der Waals surface area (Å²) in [5.74, 6) is 0.257. The Labute approximate surface area is 175 Å². The largest absolute Gasteiger partial charge is 0.465 e. The fourth-order valence-corrected chi connectivity index (χ4v) is 4.76. The van der Waals surface area contributed by atoms with Crippen molar-refractivity contribution in [3.63, 3.8) is 0 Å². The highest BCUT2D eigenvalue weighted by molar-refractivity contribution is 8.26. The highest BCUT2D eigenvalue weighted by Gasteiger charge is 2.32. The van der Waals surface area contributed by atoms with Gasteiger partial charge in [0, 0.05) is 19.0 Å². The molecule has 0 atom stereocenters. The monoisotopic (exact) mass is 429 g/mol. The number of thiocarbonyl (C=S) groups is 1. The molecular weight excluding hydrogens is 414 g/mol. The van der Waals surface area contributed by atoms with E-state index in [0.29, 0.717) is 20.1 Å². The highest BCUT2D eigenvalue weighted by Crippen LogP contribution is 2.33. The van der Waals surface area contributed by atoms with Gasteiger partial charge in [-0.15, -0.1) is 0 Å². The van der Waals surface area contributed by atoms with Crippen molar-refractivity contribution >= 4 is 69.0 Å². The summed E-state index contributed by atoms with van der Waals surface area (Å²) < 4.78 is 7.31. The number of para-hydroxylation sites is 2. The minimum absolute atomic E-state index is 0.123. The second kappa shape index (κ2) is 7.94. The molecule has 28 heavy (non-hydrogen) atoms. The number of imidazole rings is 1. The molecule has 1 saturated heterocycles. The van der Waals surface area contributed by atoms with Crippen molar-refractivity contribution in [1.29, 1.82) is 0 Å². The number of aromatic nitrogens is 2. The summed E-state index contributed by atoms with van der Waals surface area (Å²) in [4.78, 5) is 32.0. The van der Waals surface area contributed by atoms with Gasteiger partial charge >= 0.3 is 0 Å². The third-order valence-corrected chi connectivity index (χ3v) is 6.22. The van der Waals surface area contributed by atoms with Crippen molar-refractivity contribution in [2.75, 3.05) is 12.8 Å². The third kappa shape index (κ3) is 3.52. The zero-order valence-electron chi connectivity index (χ0n) is 14.8. The lowest BCUT2D eigenvalue weighted by molar-refractivity contribution is -0.122. The number of amides is 1. The molecule has 4 rings (SSSR count). The van der Waals surface area contributed by atoms with E-state index >= 15 is 0 Å². The van der Waals surface area contributed by atoms with Crippen LogP contribution in [0.3, 0.4) is 0 Å². The number of hydrogen-bond acceptors (Lipinski definition) is 7. The van der Waals surface area contributed by atoms with E-state index in [1.54, 1.807) is 29.0 Å². The van der Waals surface area contributed by atoms with Crippen molar-refractivity contribution in [3.8, 4) is 0 Å². The summed E-state index contributed by atoms with van der Waals surface area (Å²) in [5.41, 5.74) is 1.53. The standard InChI is InChI=1S/C19H15N3O3S3/c1-27-18-20-13-6-2-3-7-14(13)22(18)16(23)8-9-21-17(24)15(28-19(21)26)11-12-5-4-10-25-12/h2-7,10-11H,8-9H2,1H3/b15-11-. The fourth-order valence-electron chi connectivity index (χ4n) is 2.90. The second-order valence-corrected chi connectivity index (χ2v) is 8.36. The second-order valence-electron chi connectivity index (χ2n) is 5.92. The molecule has 1 fully saturated rings. The highest BCUT2D eigenvalue weighted by atomic mass is 32.2. The first-order valence-corrected chi connectivity index (χ1v) is 10.9. The first-order chi connectivity index (χ1) is 13.6. The van der Waals surface area contributed by atoms with Gasteiger partial charge < -0.3 is 4.42 Å². The Bertz CT molecular complexity index is 1100. The van der Waals surface area contributed by atoms with Crippen LogP contribution in [-0.2, 0) is 4.79 Å². The SMILES string of the molecule is CSc1nc2ccccc2n1C(=O)CCN1C(=O)/C(=C/c2ccco2)SC1=S. The molecule has 9 heteroatoms. The Morgan fingerprint density at radius 1 is 1.32 bits per heavy atom. The van der Waals surface area contributed by atoms with E-state index in [-0.39, 0.29) is 24.8 Å². The van der Waals surface area contributed by atoms with Gasteiger partial charge in [-0.2, -0.15) is 0 Å². The molecule has 6 nitrogen and oxygen atoms in total.